The van der Waals surface area contributed by atoms with Crippen LogP contribution in [0.5, 0.6) is 0 Å². The molecule has 0 radical (unpaired) electrons. The lowest BCUT2D eigenvalue weighted by Gasteiger charge is -2.18. The fraction of sp³-hybridized carbons (Fsp3) is 0.467. The number of rotatable bonds is 8. The number of ether oxygens (including phenoxy) is 1. The lowest BCUT2D eigenvalue weighted by molar-refractivity contribution is 0.0738. The third-order valence-corrected chi connectivity index (χ3v) is 2.56. The van der Waals surface area contributed by atoms with Gasteiger partial charge in [0, 0.05) is 6.54 Å². The zero-order chi connectivity index (χ0) is 12.3. The fourth-order valence-corrected chi connectivity index (χ4v) is 1.62. The van der Waals surface area contributed by atoms with Gasteiger partial charge in [-0.05, 0) is 25.5 Å². The van der Waals surface area contributed by atoms with Crippen molar-refractivity contribution in [2.24, 2.45) is 0 Å². The minimum Gasteiger partial charge on any atom is -0.368 e. The highest BCUT2D eigenvalue weighted by Crippen LogP contribution is 2.16. The molecule has 94 valence electrons. The standard InChI is InChI=1S/C15H23NO/c1-3-5-12-17-15(13-16-11-4-2)14-9-7-6-8-10-14/h3,5-10,15-16H,4,11-13H2,1-2H3/b5-3+. The summed E-state index contributed by atoms with van der Waals surface area (Å²) in [4.78, 5) is 0. The average molecular weight is 233 g/mol. The molecule has 0 bridgehead atoms. The Morgan fingerprint density at radius 2 is 2.06 bits per heavy atom. The Balaban J connectivity index is 2.52. The van der Waals surface area contributed by atoms with Gasteiger partial charge >= 0.3 is 0 Å². The highest BCUT2D eigenvalue weighted by Gasteiger charge is 2.09. The van der Waals surface area contributed by atoms with Crippen molar-refractivity contribution in [3.63, 3.8) is 0 Å². The highest BCUT2D eigenvalue weighted by atomic mass is 16.5. The lowest BCUT2D eigenvalue weighted by atomic mass is 10.1. The molecule has 1 N–H and O–H groups in total. The van der Waals surface area contributed by atoms with Gasteiger partial charge in [-0.1, -0.05) is 49.4 Å². The maximum atomic E-state index is 5.87. The zero-order valence-corrected chi connectivity index (χ0v) is 10.9. The topological polar surface area (TPSA) is 21.3 Å². The number of hydrogen-bond acceptors (Lipinski definition) is 2. The van der Waals surface area contributed by atoms with E-state index in [-0.39, 0.29) is 6.10 Å². The molecule has 0 saturated heterocycles. The van der Waals surface area contributed by atoms with Crippen molar-refractivity contribution in [2.75, 3.05) is 19.7 Å². The normalized spacial score (nSPS) is 13.1. The summed E-state index contributed by atoms with van der Waals surface area (Å²) in [6.45, 7) is 6.76. The van der Waals surface area contributed by atoms with E-state index < -0.39 is 0 Å². The molecule has 0 heterocycles. The fourth-order valence-electron chi connectivity index (χ4n) is 1.62. The van der Waals surface area contributed by atoms with E-state index in [2.05, 4.69) is 36.5 Å². The minimum absolute atomic E-state index is 0.138. The van der Waals surface area contributed by atoms with Crippen LogP contribution in [-0.2, 0) is 4.74 Å². The van der Waals surface area contributed by atoms with Gasteiger partial charge in [-0.2, -0.15) is 0 Å². The first-order chi connectivity index (χ1) is 8.38. The van der Waals surface area contributed by atoms with E-state index in [1.54, 1.807) is 0 Å². The lowest BCUT2D eigenvalue weighted by Crippen LogP contribution is -2.24. The summed E-state index contributed by atoms with van der Waals surface area (Å²) in [6, 6.07) is 10.4. The van der Waals surface area contributed by atoms with Crippen molar-refractivity contribution in [2.45, 2.75) is 26.4 Å². The van der Waals surface area contributed by atoms with Gasteiger partial charge in [-0.3, -0.25) is 0 Å². The second kappa shape index (κ2) is 8.97. The predicted octanol–water partition coefficient (Wildman–Crippen LogP) is 3.32. The molecule has 0 saturated carbocycles. The maximum Gasteiger partial charge on any atom is 0.0953 e. The zero-order valence-electron chi connectivity index (χ0n) is 10.9. The molecule has 1 rings (SSSR count). The SMILES string of the molecule is C/C=C/COC(CNCCC)c1ccccc1. The first kappa shape index (κ1) is 13.9. The van der Waals surface area contributed by atoms with Crippen LogP contribution >= 0.6 is 0 Å². The van der Waals surface area contributed by atoms with Crippen molar-refractivity contribution in [1.82, 2.24) is 5.32 Å². The molecule has 0 aliphatic heterocycles. The van der Waals surface area contributed by atoms with Crippen LogP contribution < -0.4 is 5.32 Å². The van der Waals surface area contributed by atoms with Gasteiger partial charge in [0.05, 0.1) is 12.7 Å². The first-order valence-electron chi connectivity index (χ1n) is 6.37. The number of nitrogens with one attached hydrogen (secondary N) is 1. The molecule has 0 aliphatic carbocycles. The Hall–Kier alpha value is -1.12. The van der Waals surface area contributed by atoms with Crippen LogP contribution in [0.1, 0.15) is 31.9 Å². The monoisotopic (exact) mass is 233 g/mol. The maximum absolute atomic E-state index is 5.87. The summed E-state index contributed by atoms with van der Waals surface area (Å²) < 4.78 is 5.87. The molecule has 1 unspecified atom stereocenters. The smallest absolute Gasteiger partial charge is 0.0953 e. The number of hydrogen-bond donors (Lipinski definition) is 1. The first-order valence-corrected chi connectivity index (χ1v) is 6.37. The average Bonchev–Trinajstić information content (AvgIpc) is 2.38. The Kier molecular flexibility index (Phi) is 7.35. The summed E-state index contributed by atoms with van der Waals surface area (Å²) in [6.07, 6.45) is 5.34. The largest absolute Gasteiger partial charge is 0.368 e. The third-order valence-electron chi connectivity index (χ3n) is 2.56. The molecule has 1 aromatic rings. The van der Waals surface area contributed by atoms with Gasteiger partial charge in [-0.25, -0.2) is 0 Å². The van der Waals surface area contributed by atoms with Gasteiger partial charge in [0.25, 0.3) is 0 Å². The van der Waals surface area contributed by atoms with Crippen LogP contribution in [0.2, 0.25) is 0 Å². The Morgan fingerprint density at radius 1 is 1.29 bits per heavy atom. The van der Waals surface area contributed by atoms with Gasteiger partial charge in [-0.15, -0.1) is 0 Å². The highest BCUT2D eigenvalue weighted by molar-refractivity contribution is 5.18. The summed E-state index contributed by atoms with van der Waals surface area (Å²) >= 11 is 0. The Labute approximate surface area is 105 Å². The van der Waals surface area contributed by atoms with Gasteiger partial charge in [0.2, 0.25) is 0 Å². The van der Waals surface area contributed by atoms with E-state index in [0.717, 1.165) is 19.5 Å². The van der Waals surface area contributed by atoms with E-state index in [1.165, 1.54) is 5.56 Å². The summed E-state index contributed by atoms with van der Waals surface area (Å²) in [5.74, 6) is 0. The molecule has 1 atom stereocenters. The van der Waals surface area contributed by atoms with Crippen LogP contribution in [-0.4, -0.2) is 19.7 Å². The molecule has 2 heteroatoms. The molecule has 17 heavy (non-hydrogen) atoms. The molecule has 0 fully saturated rings. The van der Waals surface area contributed by atoms with Crippen LogP contribution in [0.25, 0.3) is 0 Å². The Morgan fingerprint density at radius 3 is 2.71 bits per heavy atom. The summed E-state index contributed by atoms with van der Waals surface area (Å²) in [5.41, 5.74) is 1.24. The van der Waals surface area contributed by atoms with Crippen LogP contribution in [0.4, 0.5) is 0 Å². The van der Waals surface area contributed by atoms with Crippen molar-refractivity contribution in [3.05, 3.63) is 48.0 Å². The van der Waals surface area contributed by atoms with E-state index in [4.69, 9.17) is 4.74 Å². The Bertz CT molecular complexity index is 308. The van der Waals surface area contributed by atoms with Crippen LogP contribution in [0.15, 0.2) is 42.5 Å². The predicted molar refractivity (Wildman–Crippen MR) is 73.1 cm³/mol. The van der Waals surface area contributed by atoms with Crippen molar-refractivity contribution >= 4 is 0 Å². The number of benzene rings is 1. The van der Waals surface area contributed by atoms with Crippen LogP contribution in [0, 0.1) is 0 Å². The molecule has 0 amide bonds. The van der Waals surface area contributed by atoms with E-state index >= 15 is 0 Å². The molecule has 0 spiro atoms. The summed E-state index contributed by atoms with van der Waals surface area (Å²) in [5, 5.41) is 3.41. The van der Waals surface area contributed by atoms with Crippen LogP contribution in [0.3, 0.4) is 0 Å². The van der Waals surface area contributed by atoms with Crippen molar-refractivity contribution in [3.8, 4) is 0 Å². The van der Waals surface area contributed by atoms with E-state index in [9.17, 15) is 0 Å². The van der Waals surface area contributed by atoms with E-state index in [0.29, 0.717) is 6.61 Å². The molecule has 1 aromatic carbocycles. The molecule has 0 aliphatic rings. The number of allylic oxidation sites excluding steroid dienone is 1. The molecular formula is C15H23NO. The minimum atomic E-state index is 0.138. The van der Waals surface area contributed by atoms with E-state index in [1.807, 2.05) is 25.1 Å². The second-order valence-electron chi connectivity index (χ2n) is 4.01. The molecule has 0 aromatic heterocycles. The summed E-state index contributed by atoms with van der Waals surface area (Å²) in [7, 11) is 0. The molecular weight excluding hydrogens is 210 g/mol. The third kappa shape index (κ3) is 5.66. The molecule has 2 nitrogen and oxygen atoms in total. The van der Waals surface area contributed by atoms with Crippen molar-refractivity contribution in [1.29, 1.82) is 0 Å². The van der Waals surface area contributed by atoms with Gasteiger partial charge in [0.1, 0.15) is 0 Å². The van der Waals surface area contributed by atoms with Gasteiger partial charge in [0.15, 0.2) is 0 Å². The van der Waals surface area contributed by atoms with Gasteiger partial charge < -0.3 is 10.1 Å². The van der Waals surface area contributed by atoms with Crippen molar-refractivity contribution < 1.29 is 4.74 Å². The second-order valence-corrected chi connectivity index (χ2v) is 4.01. The quantitative estimate of drug-likeness (QED) is 0.549.